The van der Waals surface area contributed by atoms with Crippen LogP contribution in [0.2, 0.25) is 0 Å². The van der Waals surface area contributed by atoms with Crippen LogP contribution >= 0.6 is 0 Å². The summed E-state index contributed by atoms with van der Waals surface area (Å²) in [5.41, 5.74) is 0. The molecule has 0 unspecified atom stereocenters. The van der Waals surface area contributed by atoms with Crippen molar-refractivity contribution in [2.75, 3.05) is 37.7 Å². The van der Waals surface area contributed by atoms with E-state index >= 15 is 0 Å². The minimum atomic E-state index is -0.0113. The van der Waals surface area contributed by atoms with Crippen molar-refractivity contribution >= 4 is 11.9 Å². The van der Waals surface area contributed by atoms with Gasteiger partial charge in [0, 0.05) is 44.5 Å². The van der Waals surface area contributed by atoms with Crippen LogP contribution in [0.5, 0.6) is 0 Å². The first-order valence-corrected chi connectivity index (χ1v) is 8.39. The lowest BCUT2D eigenvalue weighted by atomic mass is 10.1. The van der Waals surface area contributed by atoms with Crippen molar-refractivity contribution in [1.29, 1.82) is 0 Å². The number of aromatic nitrogens is 4. The van der Waals surface area contributed by atoms with Crippen molar-refractivity contribution in [3.05, 3.63) is 30.2 Å². The Morgan fingerprint density at radius 2 is 2.12 bits per heavy atom. The normalized spacial score (nSPS) is 23.4. The minimum Gasteiger partial charge on any atom is -0.374 e. The predicted octanol–water partition coefficient (Wildman–Crippen LogP) is 0.0743. The van der Waals surface area contributed by atoms with Crippen LogP contribution in [0.3, 0.4) is 0 Å². The molecule has 0 aromatic carbocycles. The highest BCUT2D eigenvalue weighted by atomic mass is 16.5. The van der Waals surface area contributed by atoms with E-state index in [2.05, 4.69) is 25.0 Å². The summed E-state index contributed by atoms with van der Waals surface area (Å²) in [6.07, 6.45) is 3.65. The molecular weight excluding hydrogens is 324 g/mol. The quantitative estimate of drug-likeness (QED) is 0.772. The van der Waals surface area contributed by atoms with Gasteiger partial charge >= 0.3 is 0 Å². The Kier molecular flexibility index (Phi) is 4.31. The van der Waals surface area contributed by atoms with Crippen molar-refractivity contribution in [3.63, 3.8) is 0 Å². The Labute approximate surface area is 145 Å². The molecule has 2 fully saturated rings. The molecule has 0 saturated carbocycles. The summed E-state index contributed by atoms with van der Waals surface area (Å²) in [6, 6.07) is 1.80. The number of aryl methyl sites for hydroxylation is 1. The maximum absolute atomic E-state index is 12.5. The molecule has 0 radical (unpaired) electrons. The summed E-state index contributed by atoms with van der Waals surface area (Å²) in [7, 11) is 0. The van der Waals surface area contributed by atoms with E-state index < -0.39 is 0 Å². The molecule has 2 aliphatic heterocycles. The summed E-state index contributed by atoms with van der Waals surface area (Å²) < 4.78 is 11.0. The van der Waals surface area contributed by atoms with Gasteiger partial charge in [-0.2, -0.15) is 4.98 Å². The molecule has 2 aromatic heterocycles. The van der Waals surface area contributed by atoms with Crippen LogP contribution < -0.4 is 4.90 Å². The molecule has 0 spiro atoms. The number of nitrogens with zero attached hydrogens (tertiary/aromatic N) is 6. The van der Waals surface area contributed by atoms with Gasteiger partial charge in [0.1, 0.15) is 6.42 Å². The fourth-order valence-electron chi connectivity index (χ4n) is 3.39. The van der Waals surface area contributed by atoms with E-state index in [1.54, 1.807) is 25.4 Å². The fourth-order valence-corrected chi connectivity index (χ4v) is 3.39. The maximum Gasteiger partial charge on any atom is 0.236 e. The highest BCUT2D eigenvalue weighted by Crippen LogP contribution is 2.25. The standard InChI is InChI=1S/C16H20N6O3/c1-11-19-14(25-20-11)7-15(23)22-9-12-8-21(5-6-24-13(12)10-22)16-17-3-2-4-18-16/h2-4,12-13H,5-10H2,1H3/t12-,13+/m0/s1. The smallest absolute Gasteiger partial charge is 0.236 e. The number of ether oxygens (including phenoxy) is 1. The third-order valence-electron chi connectivity index (χ3n) is 4.59. The van der Waals surface area contributed by atoms with E-state index in [4.69, 9.17) is 9.26 Å². The molecule has 9 nitrogen and oxygen atoms in total. The van der Waals surface area contributed by atoms with E-state index in [1.807, 2.05) is 4.90 Å². The zero-order chi connectivity index (χ0) is 17.2. The zero-order valence-electron chi connectivity index (χ0n) is 14.0. The van der Waals surface area contributed by atoms with E-state index in [9.17, 15) is 4.79 Å². The second-order valence-electron chi connectivity index (χ2n) is 6.37. The van der Waals surface area contributed by atoms with Crippen LogP contribution in [-0.4, -0.2) is 69.8 Å². The van der Waals surface area contributed by atoms with Crippen LogP contribution in [0, 0.1) is 12.8 Å². The number of likely N-dealkylation sites (tertiary alicyclic amines) is 1. The van der Waals surface area contributed by atoms with Crippen molar-refractivity contribution in [2.24, 2.45) is 5.92 Å². The highest BCUT2D eigenvalue weighted by Gasteiger charge is 2.39. The van der Waals surface area contributed by atoms with Crippen LogP contribution in [0.15, 0.2) is 23.0 Å². The Morgan fingerprint density at radius 1 is 1.28 bits per heavy atom. The fraction of sp³-hybridized carbons (Fsp3) is 0.562. The molecule has 1 amide bonds. The highest BCUT2D eigenvalue weighted by molar-refractivity contribution is 5.78. The van der Waals surface area contributed by atoms with Gasteiger partial charge in [0.25, 0.3) is 0 Å². The van der Waals surface area contributed by atoms with Crippen LogP contribution in [0.4, 0.5) is 5.95 Å². The first-order valence-electron chi connectivity index (χ1n) is 8.39. The van der Waals surface area contributed by atoms with Gasteiger partial charge in [-0.3, -0.25) is 4.79 Å². The maximum atomic E-state index is 12.5. The molecule has 4 heterocycles. The van der Waals surface area contributed by atoms with Crippen LogP contribution in [0.1, 0.15) is 11.7 Å². The van der Waals surface area contributed by atoms with Gasteiger partial charge in [0.05, 0.1) is 12.7 Å². The van der Waals surface area contributed by atoms with Crippen molar-refractivity contribution in [2.45, 2.75) is 19.4 Å². The lowest BCUT2D eigenvalue weighted by Crippen LogP contribution is -2.35. The number of amides is 1. The predicted molar refractivity (Wildman–Crippen MR) is 86.8 cm³/mol. The molecule has 25 heavy (non-hydrogen) atoms. The Hall–Kier alpha value is -2.55. The lowest BCUT2D eigenvalue weighted by Gasteiger charge is -2.23. The number of carbonyl (C=O) groups is 1. The Morgan fingerprint density at radius 3 is 2.88 bits per heavy atom. The van der Waals surface area contributed by atoms with Gasteiger partial charge in [-0.25, -0.2) is 9.97 Å². The number of carbonyl (C=O) groups excluding carboxylic acids is 1. The molecule has 2 aromatic rings. The van der Waals surface area contributed by atoms with E-state index in [0.717, 1.165) is 13.1 Å². The molecule has 2 saturated heterocycles. The van der Waals surface area contributed by atoms with Gasteiger partial charge in [-0.1, -0.05) is 5.16 Å². The molecule has 9 heteroatoms. The molecule has 4 rings (SSSR count). The first kappa shape index (κ1) is 15.9. The molecule has 0 bridgehead atoms. The number of rotatable bonds is 3. The summed E-state index contributed by atoms with van der Waals surface area (Å²) in [6.45, 7) is 5.12. The molecule has 132 valence electrons. The zero-order valence-corrected chi connectivity index (χ0v) is 14.0. The summed E-state index contributed by atoms with van der Waals surface area (Å²) in [4.78, 5) is 29.2. The second kappa shape index (κ2) is 6.75. The summed E-state index contributed by atoms with van der Waals surface area (Å²) >= 11 is 0. The topological polar surface area (TPSA) is 97.5 Å². The first-order chi connectivity index (χ1) is 12.2. The van der Waals surface area contributed by atoms with Gasteiger partial charge in [-0.15, -0.1) is 0 Å². The van der Waals surface area contributed by atoms with E-state index in [0.29, 0.717) is 37.4 Å². The van der Waals surface area contributed by atoms with Gasteiger partial charge in [0.15, 0.2) is 5.82 Å². The number of hydrogen-bond donors (Lipinski definition) is 0. The van der Waals surface area contributed by atoms with Crippen molar-refractivity contribution < 1.29 is 14.1 Å². The minimum absolute atomic E-state index is 0.0113. The van der Waals surface area contributed by atoms with E-state index in [1.165, 1.54) is 0 Å². The van der Waals surface area contributed by atoms with Crippen molar-refractivity contribution in [3.8, 4) is 0 Å². The van der Waals surface area contributed by atoms with Crippen LogP contribution in [0.25, 0.3) is 0 Å². The molecular formula is C16H20N6O3. The molecule has 2 aliphatic rings. The third kappa shape index (κ3) is 3.46. The summed E-state index contributed by atoms with van der Waals surface area (Å²) in [5.74, 6) is 1.83. The van der Waals surface area contributed by atoms with Gasteiger partial charge in [0.2, 0.25) is 17.7 Å². The number of fused-ring (bicyclic) bond motifs is 1. The molecule has 2 atom stereocenters. The second-order valence-corrected chi connectivity index (χ2v) is 6.37. The summed E-state index contributed by atoms with van der Waals surface area (Å²) in [5, 5.41) is 3.72. The van der Waals surface area contributed by atoms with Gasteiger partial charge in [-0.05, 0) is 13.0 Å². The van der Waals surface area contributed by atoms with Crippen LogP contribution in [-0.2, 0) is 16.0 Å². The third-order valence-corrected chi connectivity index (χ3v) is 4.59. The molecule has 0 aliphatic carbocycles. The van der Waals surface area contributed by atoms with Crippen molar-refractivity contribution in [1.82, 2.24) is 25.0 Å². The average Bonchev–Trinajstić information content (AvgIpc) is 3.16. The molecule has 0 N–H and O–H groups in total. The average molecular weight is 344 g/mol. The number of anilines is 1. The number of hydrogen-bond acceptors (Lipinski definition) is 8. The largest absolute Gasteiger partial charge is 0.374 e. The lowest BCUT2D eigenvalue weighted by molar-refractivity contribution is -0.130. The Balaban J connectivity index is 1.41. The van der Waals surface area contributed by atoms with E-state index in [-0.39, 0.29) is 24.3 Å². The monoisotopic (exact) mass is 344 g/mol. The Bertz CT molecular complexity index is 736. The van der Waals surface area contributed by atoms with Gasteiger partial charge < -0.3 is 19.1 Å². The SMILES string of the molecule is Cc1noc(CC(=O)N2C[C@@H]3CN(c4ncccn4)CCO[C@@H]3C2)n1.